The van der Waals surface area contributed by atoms with Crippen LogP contribution in [0.5, 0.6) is 5.75 Å². The number of hydrogen-bond acceptors (Lipinski definition) is 2. The largest absolute Gasteiger partial charge is 0.497 e. The lowest BCUT2D eigenvalue weighted by atomic mass is 10.2. The third-order valence-electron chi connectivity index (χ3n) is 2.70. The maximum Gasteiger partial charge on any atom is 0.175 e. The Bertz CT molecular complexity index is 631. The number of benzene rings is 2. The van der Waals surface area contributed by atoms with Crippen LogP contribution in [0.2, 0.25) is 0 Å². The van der Waals surface area contributed by atoms with Crippen molar-refractivity contribution < 1.29 is 9.13 Å². The minimum absolute atomic E-state index is 0.322. The van der Waals surface area contributed by atoms with E-state index in [0.717, 1.165) is 17.0 Å². The van der Waals surface area contributed by atoms with Gasteiger partial charge in [-0.1, -0.05) is 12.1 Å². The standard InChI is InChI=1S/C15H15FN2OS/c1-10-6-7-13(16)14(8-10)18-15(20)17-11-4-3-5-12(9-11)19-2/h3-9H,1-2H3,(H2,17,18,20). The van der Waals surface area contributed by atoms with Crippen LogP contribution < -0.4 is 15.4 Å². The van der Waals surface area contributed by atoms with Gasteiger partial charge in [-0.15, -0.1) is 0 Å². The summed E-state index contributed by atoms with van der Waals surface area (Å²) in [5.74, 6) is 0.380. The molecule has 0 saturated heterocycles. The fourth-order valence-electron chi connectivity index (χ4n) is 1.72. The van der Waals surface area contributed by atoms with Gasteiger partial charge < -0.3 is 15.4 Å². The number of methoxy groups -OCH3 is 1. The van der Waals surface area contributed by atoms with Gasteiger partial charge >= 0.3 is 0 Å². The molecule has 3 nitrogen and oxygen atoms in total. The van der Waals surface area contributed by atoms with Crippen LogP contribution in [0.1, 0.15) is 5.56 Å². The number of anilines is 2. The number of hydrogen-bond donors (Lipinski definition) is 2. The lowest BCUT2D eigenvalue weighted by molar-refractivity contribution is 0.415. The number of rotatable bonds is 3. The summed E-state index contributed by atoms with van der Waals surface area (Å²) < 4.78 is 18.7. The summed E-state index contributed by atoms with van der Waals surface area (Å²) in [7, 11) is 1.60. The summed E-state index contributed by atoms with van der Waals surface area (Å²) in [6.07, 6.45) is 0. The normalized spacial score (nSPS) is 9.95. The molecule has 0 bridgehead atoms. The lowest BCUT2D eigenvalue weighted by Crippen LogP contribution is -2.19. The molecule has 2 rings (SSSR count). The van der Waals surface area contributed by atoms with E-state index in [1.165, 1.54) is 6.07 Å². The first-order chi connectivity index (χ1) is 9.58. The summed E-state index contributed by atoms with van der Waals surface area (Å²) in [5.41, 5.74) is 2.08. The summed E-state index contributed by atoms with van der Waals surface area (Å²) in [6, 6.07) is 12.2. The Kier molecular flexibility index (Phi) is 4.53. The van der Waals surface area contributed by atoms with E-state index in [0.29, 0.717) is 10.8 Å². The molecule has 0 aliphatic carbocycles. The van der Waals surface area contributed by atoms with Gasteiger partial charge in [0.1, 0.15) is 11.6 Å². The molecule has 0 unspecified atom stereocenters. The molecule has 0 aromatic heterocycles. The molecule has 0 saturated carbocycles. The third-order valence-corrected chi connectivity index (χ3v) is 2.90. The third kappa shape index (κ3) is 3.68. The van der Waals surface area contributed by atoms with Crippen LogP contribution in [0.4, 0.5) is 15.8 Å². The number of ether oxygens (including phenoxy) is 1. The smallest absolute Gasteiger partial charge is 0.175 e. The quantitative estimate of drug-likeness (QED) is 0.839. The molecule has 2 N–H and O–H groups in total. The Morgan fingerprint density at radius 1 is 1.15 bits per heavy atom. The van der Waals surface area contributed by atoms with Crippen molar-refractivity contribution in [1.82, 2.24) is 0 Å². The predicted molar refractivity (Wildman–Crippen MR) is 84.0 cm³/mol. The molecule has 5 heteroatoms. The average Bonchev–Trinajstić information content (AvgIpc) is 2.43. The fourth-order valence-corrected chi connectivity index (χ4v) is 1.95. The summed E-state index contributed by atoms with van der Waals surface area (Å²) >= 11 is 5.17. The van der Waals surface area contributed by atoms with E-state index in [-0.39, 0.29) is 5.82 Å². The van der Waals surface area contributed by atoms with E-state index in [1.807, 2.05) is 25.1 Å². The van der Waals surface area contributed by atoms with Gasteiger partial charge in [0.25, 0.3) is 0 Å². The van der Waals surface area contributed by atoms with Crippen molar-refractivity contribution >= 4 is 28.7 Å². The number of halogens is 1. The summed E-state index contributed by atoms with van der Waals surface area (Å²) in [5, 5.41) is 6.15. The van der Waals surface area contributed by atoms with Crippen LogP contribution in [0, 0.1) is 12.7 Å². The highest BCUT2D eigenvalue weighted by atomic mass is 32.1. The van der Waals surface area contributed by atoms with Crippen LogP contribution in [0.25, 0.3) is 0 Å². The van der Waals surface area contributed by atoms with Crippen LogP contribution >= 0.6 is 12.2 Å². The molecular formula is C15H15FN2OS. The van der Waals surface area contributed by atoms with E-state index < -0.39 is 0 Å². The van der Waals surface area contributed by atoms with Crippen molar-refractivity contribution in [3.8, 4) is 5.75 Å². The molecule has 20 heavy (non-hydrogen) atoms. The zero-order valence-electron chi connectivity index (χ0n) is 11.2. The highest BCUT2D eigenvalue weighted by molar-refractivity contribution is 7.80. The Hall–Kier alpha value is -2.14. The zero-order chi connectivity index (χ0) is 14.5. The first kappa shape index (κ1) is 14.3. The van der Waals surface area contributed by atoms with E-state index >= 15 is 0 Å². The molecule has 0 heterocycles. The first-order valence-electron chi connectivity index (χ1n) is 6.06. The molecular weight excluding hydrogens is 275 g/mol. The van der Waals surface area contributed by atoms with Crippen molar-refractivity contribution in [1.29, 1.82) is 0 Å². The molecule has 0 aliphatic rings. The van der Waals surface area contributed by atoms with Gasteiger partial charge in [0, 0.05) is 11.8 Å². The van der Waals surface area contributed by atoms with E-state index in [9.17, 15) is 4.39 Å². The van der Waals surface area contributed by atoms with Gasteiger partial charge in [0.15, 0.2) is 5.11 Å². The van der Waals surface area contributed by atoms with Gasteiger partial charge in [-0.2, -0.15) is 0 Å². The van der Waals surface area contributed by atoms with Gasteiger partial charge in [0.2, 0.25) is 0 Å². The molecule has 2 aromatic rings. The molecule has 0 atom stereocenters. The van der Waals surface area contributed by atoms with Crippen molar-refractivity contribution in [2.45, 2.75) is 6.92 Å². The molecule has 0 spiro atoms. The van der Waals surface area contributed by atoms with E-state index in [4.69, 9.17) is 17.0 Å². The van der Waals surface area contributed by atoms with Crippen molar-refractivity contribution in [3.63, 3.8) is 0 Å². The maximum atomic E-state index is 13.6. The van der Waals surface area contributed by atoms with Gasteiger partial charge in [-0.05, 0) is 49.0 Å². The van der Waals surface area contributed by atoms with Crippen molar-refractivity contribution in [3.05, 3.63) is 53.8 Å². The number of aryl methyl sites for hydroxylation is 1. The Labute approximate surface area is 122 Å². The van der Waals surface area contributed by atoms with Crippen LogP contribution in [0.15, 0.2) is 42.5 Å². The lowest BCUT2D eigenvalue weighted by Gasteiger charge is -2.12. The molecule has 2 aromatic carbocycles. The van der Waals surface area contributed by atoms with Crippen LogP contribution in [0.3, 0.4) is 0 Å². The van der Waals surface area contributed by atoms with Crippen LogP contribution in [-0.2, 0) is 0 Å². The predicted octanol–water partition coefficient (Wildman–Crippen LogP) is 3.95. The Balaban J connectivity index is 2.07. The van der Waals surface area contributed by atoms with Gasteiger partial charge in [-0.3, -0.25) is 0 Å². The summed E-state index contributed by atoms with van der Waals surface area (Å²) in [6.45, 7) is 1.89. The average molecular weight is 290 g/mol. The highest BCUT2D eigenvalue weighted by Crippen LogP contribution is 2.18. The van der Waals surface area contributed by atoms with Crippen molar-refractivity contribution in [2.24, 2.45) is 0 Å². The van der Waals surface area contributed by atoms with Gasteiger partial charge in [-0.25, -0.2) is 4.39 Å². The molecule has 104 valence electrons. The monoisotopic (exact) mass is 290 g/mol. The second kappa shape index (κ2) is 6.34. The minimum Gasteiger partial charge on any atom is -0.497 e. The minimum atomic E-state index is -0.342. The molecule has 0 radical (unpaired) electrons. The first-order valence-corrected chi connectivity index (χ1v) is 6.47. The topological polar surface area (TPSA) is 33.3 Å². The number of nitrogens with one attached hydrogen (secondary N) is 2. The maximum absolute atomic E-state index is 13.6. The second-order valence-electron chi connectivity index (χ2n) is 4.29. The van der Waals surface area contributed by atoms with E-state index in [2.05, 4.69) is 10.6 Å². The summed E-state index contributed by atoms with van der Waals surface area (Å²) in [4.78, 5) is 0. The molecule has 0 fully saturated rings. The highest BCUT2D eigenvalue weighted by Gasteiger charge is 2.05. The Morgan fingerprint density at radius 3 is 2.70 bits per heavy atom. The SMILES string of the molecule is COc1cccc(NC(=S)Nc2cc(C)ccc2F)c1. The van der Waals surface area contributed by atoms with Crippen molar-refractivity contribution in [2.75, 3.05) is 17.7 Å². The Morgan fingerprint density at radius 2 is 1.95 bits per heavy atom. The molecule has 0 amide bonds. The van der Waals surface area contributed by atoms with E-state index in [1.54, 1.807) is 25.3 Å². The van der Waals surface area contributed by atoms with Crippen LogP contribution in [-0.4, -0.2) is 12.2 Å². The zero-order valence-corrected chi connectivity index (χ0v) is 12.1. The molecule has 0 aliphatic heterocycles. The van der Waals surface area contributed by atoms with Gasteiger partial charge in [0.05, 0.1) is 12.8 Å². The fraction of sp³-hybridized carbons (Fsp3) is 0.133. The second-order valence-corrected chi connectivity index (χ2v) is 4.70. The number of thiocarbonyl (C=S) groups is 1.